The van der Waals surface area contributed by atoms with Crippen molar-refractivity contribution in [2.45, 2.75) is 24.8 Å². The van der Waals surface area contributed by atoms with Crippen molar-refractivity contribution < 1.29 is 0 Å². The third-order valence-corrected chi connectivity index (χ3v) is 4.52. The average molecular weight is 266 g/mol. The summed E-state index contributed by atoms with van der Waals surface area (Å²) < 4.78 is 0. The molecule has 0 aromatic heterocycles. The number of hydrogen-bond acceptors (Lipinski definition) is 4. The van der Waals surface area contributed by atoms with E-state index in [0.29, 0.717) is 12.0 Å². The van der Waals surface area contributed by atoms with Crippen molar-refractivity contribution >= 4 is 34.4 Å². The van der Waals surface area contributed by atoms with Crippen molar-refractivity contribution in [1.82, 2.24) is 0 Å². The standard InChI is InChI=1S/C13H18N2S2/c1-9(2)12-8-17-13(15-12)14-10-4-6-11(16-3)7-5-10/h4-7,9,12H,8H2,1-3H3,(H,14,15)/t12-/m1/s1. The molecule has 1 atom stereocenters. The molecule has 0 amide bonds. The van der Waals surface area contributed by atoms with Crippen LogP contribution in [0.2, 0.25) is 0 Å². The minimum atomic E-state index is 0.466. The van der Waals surface area contributed by atoms with Gasteiger partial charge in [0.25, 0.3) is 0 Å². The Morgan fingerprint density at radius 2 is 2.06 bits per heavy atom. The molecular weight excluding hydrogens is 248 g/mol. The summed E-state index contributed by atoms with van der Waals surface area (Å²) >= 11 is 3.58. The second-order valence-corrected chi connectivity index (χ2v) is 6.30. The highest BCUT2D eigenvalue weighted by Gasteiger charge is 2.20. The fourth-order valence-corrected chi connectivity index (χ4v) is 3.19. The van der Waals surface area contributed by atoms with E-state index in [1.807, 2.05) is 11.8 Å². The van der Waals surface area contributed by atoms with E-state index in [1.165, 1.54) is 4.90 Å². The van der Waals surface area contributed by atoms with Gasteiger partial charge in [0, 0.05) is 16.3 Å². The zero-order chi connectivity index (χ0) is 12.3. The summed E-state index contributed by atoms with van der Waals surface area (Å²) in [6.07, 6.45) is 2.09. The van der Waals surface area contributed by atoms with Crippen LogP contribution in [0.1, 0.15) is 13.8 Å². The molecule has 1 N–H and O–H groups in total. The molecule has 17 heavy (non-hydrogen) atoms. The number of nitrogens with one attached hydrogen (secondary N) is 1. The number of nitrogens with zero attached hydrogens (tertiary/aromatic N) is 1. The molecule has 0 spiro atoms. The van der Waals surface area contributed by atoms with Crippen molar-refractivity contribution in [2.75, 3.05) is 17.3 Å². The van der Waals surface area contributed by atoms with Crippen LogP contribution < -0.4 is 5.32 Å². The monoisotopic (exact) mass is 266 g/mol. The van der Waals surface area contributed by atoms with E-state index < -0.39 is 0 Å². The molecule has 1 aromatic rings. The Morgan fingerprint density at radius 1 is 1.35 bits per heavy atom. The number of rotatable bonds is 3. The first-order valence-corrected chi connectivity index (χ1v) is 8.01. The minimum absolute atomic E-state index is 0.466. The van der Waals surface area contributed by atoms with Crippen LogP contribution in [0.4, 0.5) is 5.69 Å². The van der Waals surface area contributed by atoms with Gasteiger partial charge in [-0.1, -0.05) is 25.6 Å². The third kappa shape index (κ3) is 3.42. The second-order valence-electron chi connectivity index (χ2n) is 4.41. The molecule has 0 bridgehead atoms. The van der Waals surface area contributed by atoms with E-state index in [0.717, 1.165) is 16.6 Å². The molecule has 1 heterocycles. The Balaban J connectivity index is 1.99. The van der Waals surface area contributed by atoms with Crippen molar-refractivity contribution in [3.05, 3.63) is 24.3 Å². The van der Waals surface area contributed by atoms with Gasteiger partial charge < -0.3 is 5.32 Å². The summed E-state index contributed by atoms with van der Waals surface area (Å²) in [5.74, 6) is 1.73. The maximum atomic E-state index is 4.69. The number of thioether (sulfide) groups is 2. The molecule has 0 aliphatic carbocycles. The second kappa shape index (κ2) is 5.83. The Bertz CT molecular complexity index is 398. The van der Waals surface area contributed by atoms with Crippen molar-refractivity contribution in [3.8, 4) is 0 Å². The van der Waals surface area contributed by atoms with E-state index in [-0.39, 0.29) is 0 Å². The number of amidine groups is 1. The fraction of sp³-hybridized carbons (Fsp3) is 0.462. The summed E-state index contributed by atoms with van der Waals surface area (Å²) in [4.78, 5) is 5.98. The highest BCUT2D eigenvalue weighted by atomic mass is 32.2. The zero-order valence-electron chi connectivity index (χ0n) is 10.4. The highest BCUT2D eigenvalue weighted by Crippen LogP contribution is 2.25. The number of anilines is 1. The lowest BCUT2D eigenvalue weighted by Crippen LogP contribution is -2.12. The lowest BCUT2D eigenvalue weighted by Gasteiger charge is -2.08. The molecule has 0 saturated carbocycles. The Morgan fingerprint density at radius 3 is 2.59 bits per heavy atom. The van der Waals surface area contributed by atoms with Crippen LogP contribution in [0, 0.1) is 5.92 Å². The van der Waals surface area contributed by atoms with Crippen LogP contribution >= 0.6 is 23.5 Å². The van der Waals surface area contributed by atoms with Gasteiger partial charge in [-0.3, -0.25) is 4.99 Å². The first-order chi connectivity index (χ1) is 8.19. The topological polar surface area (TPSA) is 24.4 Å². The van der Waals surface area contributed by atoms with Gasteiger partial charge in [0.05, 0.1) is 6.04 Å². The maximum Gasteiger partial charge on any atom is 0.161 e. The Labute approximate surface area is 112 Å². The summed E-state index contributed by atoms with van der Waals surface area (Å²) in [7, 11) is 0. The van der Waals surface area contributed by atoms with Crippen LogP contribution in [-0.4, -0.2) is 23.2 Å². The highest BCUT2D eigenvalue weighted by molar-refractivity contribution is 8.14. The van der Waals surface area contributed by atoms with E-state index >= 15 is 0 Å². The summed E-state index contributed by atoms with van der Waals surface area (Å²) in [5, 5.41) is 4.44. The molecule has 4 heteroatoms. The summed E-state index contributed by atoms with van der Waals surface area (Å²) in [6, 6.07) is 8.95. The van der Waals surface area contributed by atoms with Crippen molar-refractivity contribution in [1.29, 1.82) is 0 Å². The van der Waals surface area contributed by atoms with Gasteiger partial charge in [0.15, 0.2) is 5.17 Å². The van der Waals surface area contributed by atoms with Gasteiger partial charge in [-0.05, 0) is 36.4 Å². The van der Waals surface area contributed by atoms with Gasteiger partial charge in [-0.2, -0.15) is 0 Å². The third-order valence-electron chi connectivity index (χ3n) is 2.78. The Hall–Kier alpha value is -0.610. The summed E-state index contributed by atoms with van der Waals surface area (Å²) in [5.41, 5.74) is 1.12. The van der Waals surface area contributed by atoms with Crippen molar-refractivity contribution in [2.24, 2.45) is 10.9 Å². The van der Waals surface area contributed by atoms with Gasteiger partial charge in [0.2, 0.25) is 0 Å². The van der Waals surface area contributed by atoms with Crippen LogP contribution in [0.15, 0.2) is 34.2 Å². The van der Waals surface area contributed by atoms with Crippen LogP contribution in [0.25, 0.3) is 0 Å². The molecule has 2 rings (SSSR count). The van der Waals surface area contributed by atoms with Crippen molar-refractivity contribution in [3.63, 3.8) is 0 Å². The molecule has 1 aliphatic rings. The van der Waals surface area contributed by atoms with E-state index in [2.05, 4.69) is 54.7 Å². The quantitative estimate of drug-likeness (QED) is 0.838. The minimum Gasteiger partial charge on any atom is -0.335 e. The molecule has 0 fully saturated rings. The maximum absolute atomic E-state index is 4.69. The Kier molecular flexibility index (Phi) is 4.40. The van der Waals surface area contributed by atoms with Gasteiger partial charge in [0.1, 0.15) is 0 Å². The van der Waals surface area contributed by atoms with Gasteiger partial charge >= 0.3 is 0 Å². The van der Waals surface area contributed by atoms with Gasteiger partial charge in [-0.25, -0.2) is 0 Å². The number of benzene rings is 1. The molecule has 0 radical (unpaired) electrons. The molecule has 0 unspecified atom stereocenters. The number of aliphatic imine (C=N–C) groups is 1. The van der Waals surface area contributed by atoms with Crippen LogP contribution in [0.3, 0.4) is 0 Å². The van der Waals surface area contributed by atoms with Crippen LogP contribution in [0.5, 0.6) is 0 Å². The molecule has 92 valence electrons. The fourth-order valence-electron chi connectivity index (χ4n) is 1.60. The average Bonchev–Trinajstić information content (AvgIpc) is 2.79. The molecule has 0 saturated heterocycles. The lowest BCUT2D eigenvalue weighted by atomic mass is 10.1. The lowest BCUT2D eigenvalue weighted by molar-refractivity contribution is 0.543. The first-order valence-electron chi connectivity index (χ1n) is 5.80. The van der Waals surface area contributed by atoms with E-state index in [4.69, 9.17) is 0 Å². The number of hydrogen-bond donors (Lipinski definition) is 1. The molecule has 1 aliphatic heterocycles. The van der Waals surface area contributed by atoms with E-state index in [1.54, 1.807) is 11.8 Å². The SMILES string of the molecule is CSc1ccc(NC2=N[C@@H](C(C)C)CS2)cc1. The molecular formula is C13H18N2S2. The van der Waals surface area contributed by atoms with E-state index in [9.17, 15) is 0 Å². The zero-order valence-corrected chi connectivity index (χ0v) is 12.1. The molecule has 1 aromatic carbocycles. The smallest absolute Gasteiger partial charge is 0.161 e. The predicted octanol–water partition coefficient (Wildman–Crippen LogP) is 3.95. The van der Waals surface area contributed by atoms with Crippen LogP contribution in [-0.2, 0) is 0 Å². The normalized spacial score (nSPS) is 19.5. The summed E-state index contributed by atoms with van der Waals surface area (Å²) in [6.45, 7) is 4.45. The van der Waals surface area contributed by atoms with Gasteiger partial charge in [-0.15, -0.1) is 11.8 Å². The first kappa shape index (κ1) is 12.8. The molecule has 2 nitrogen and oxygen atoms in total. The largest absolute Gasteiger partial charge is 0.335 e. The predicted molar refractivity (Wildman–Crippen MR) is 80.4 cm³/mol.